The van der Waals surface area contributed by atoms with Crippen molar-refractivity contribution in [2.75, 3.05) is 0 Å². The van der Waals surface area contributed by atoms with E-state index >= 15 is 0 Å². The van der Waals surface area contributed by atoms with Gasteiger partial charge in [-0.1, -0.05) is 76.5 Å². The number of hydrogen-bond donors (Lipinski definition) is 0. The maximum absolute atomic E-state index is 13.6. The molecule has 0 unspecified atom stereocenters. The van der Waals surface area contributed by atoms with Crippen molar-refractivity contribution in [1.29, 1.82) is 0 Å². The molecule has 0 N–H and O–H groups in total. The van der Waals surface area contributed by atoms with Crippen LogP contribution in [-0.2, 0) is 0 Å². The van der Waals surface area contributed by atoms with Gasteiger partial charge < -0.3 is 9.26 Å². The number of aromatic nitrogens is 3. The summed E-state index contributed by atoms with van der Waals surface area (Å²) in [6.07, 6.45) is 0. The van der Waals surface area contributed by atoms with E-state index < -0.39 is 5.97 Å². The number of ether oxygens (including phenoxy) is 1. The van der Waals surface area contributed by atoms with Crippen LogP contribution in [-0.4, -0.2) is 20.9 Å². The third-order valence-electron chi connectivity index (χ3n) is 5.38. The highest BCUT2D eigenvalue weighted by Gasteiger charge is 2.28. The van der Waals surface area contributed by atoms with E-state index in [1.165, 1.54) is 11.8 Å². The molecule has 0 radical (unpaired) electrons. The molecule has 3 aromatic carbocycles. The monoisotopic (exact) mass is 535 g/mol. The summed E-state index contributed by atoms with van der Waals surface area (Å²) >= 11 is 13.9. The van der Waals surface area contributed by atoms with Gasteiger partial charge in [0.2, 0.25) is 5.88 Å². The molecule has 0 saturated heterocycles. The molecule has 0 aliphatic heterocycles. The van der Waals surface area contributed by atoms with Crippen LogP contribution >= 0.6 is 35.0 Å². The van der Waals surface area contributed by atoms with E-state index in [0.717, 1.165) is 10.6 Å². The quantitative estimate of drug-likeness (QED) is 0.206. The summed E-state index contributed by atoms with van der Waals surface area (Å²) < 4.78 is 13.0. The average Bonchev–Trinajstić information content (AvgIpc) is 3.41. The highest BCUT2D eigenvalue weighted by Crippen LogP contribution is 2.40. The Bertz CT molecular complexity index is 1550. The lowest BCUT2D eigenvalue weighted by molar-refractivity contribution is 0.0717. The van der Waals surface area contributed by atoms with Gasteiger partial charge in [-0.05, 0) is 56.3 Å². The lowest BCUT2D eigenvalue weighted by atomic mass is 10.1. The van der Waals surface area contributed by atoms with Gasteiger partial charge in [-0.15, -0.1) is 0 Å². The number of aryl methyl sites for hydroxylation is 2. The fourth-order valence-corrected chi connectivity index (χ4v) is 4.92. The molecule has 0 bridgehead atoms. The van der Waals surface area contributed by atoms with Gasteiger partial charge in [0.05, 0.1) is 21.3 Å². The molecule has 5 aromatic rings. The summed E-state index contributed by atoms with van der Waals surface area (Å²) in [5.41, 5.74) is 2.54. The van der Waals surface area contributed by atoms with Crippen molar-refractivity contribution in [3.63, 3.8) is 0 Å². The van der Waals surface area contributed by atoms with Gasteiger partial charge in [-0.3, -0.25) is 0 Å². The van der Waals surface area contributed by atoms with Crippen LogP contribution in [0.4, 0.5) is 0 Å². The summed E-state index contributed by atoms with van der Waals surface area (Å²) in [4.78, 5) is 15.2. The Morgan fingerprint density at radius 2 is 1.64 bits per heavy atom. The lowest BCUT2D eigenvalue weighted by Gasteiger charge is -2.11. The predicted molar refractivity (Wildman–Crippen MR) is 141 cm³/mol. The minimum Gasteiger partial charge on any atom is -0.402 e. The van der Waals surface area contributed by atoms with Crippen molar-refractivity contribution in [2.45, 2.75) is 23.6 Å². The fourth-order valence-electron chi connectivity index (χ4n) is 3.65. The molecule has 0 fully saturated rings. The van der Waals surface area contributed by atoms with Gasteiger partial charge in [-0.2, -0.15) is 9.78 Å². The van der Waals surface area contributed by atoms with Gasteiger partial charge in [0.15, 0.2) is 0 Å². The predicted octanol–water partition coefficient (Wildman–Crippen LogP) is 7.82. The van der Waals surface area contributed by atoms with Gasteiger partial charge in [0.25, 0.3) is 0 Å². The second kappa shape index (κ2) is 10.2. The Hall–Kier alpha value is -3.52. The van der Waals surface area contributed by atoms with Crippen LogP contribution in [0.5, 0.6) is 5.88 Å². The standard InChI is InChI=1S/C27H19Cl2N3O3S/c1-16-25(36-20-14-12-18(28)13-15-20)26(32(30-16)19-8-4-3-5-9-19)34-27(33)23-17(2)35-31-24(23)21-10-6-7-11-22(21)29/h3-15H,1-2H3. The van der Waals surface area contributed by atoms with Crippen LogP contribution in [0.1, 0.15) is 21.8 Å². The Labute approximate surface area is 221 Å². The summed E-state index contributed by atoms with van der Waals surface area (Å²) in [6.45, 7) is 3.53. The first-order valence-corrected chi connectivity index (χ1v) is 12.5. The Kier molecular flexibility index (Phi) is 6.87. The van der Waals surface area contributed by atoms with Crippen molar-refractivity contribution < 1.29 is 14.1 Å². The Balaban J connectivity index is 1.59. The van der Waals surface area contributed by atoms with Crippen LogP contribution in [0.3, 0.4) is 0 Å². The molecule has 0 spiro atoms. The molecule has 5 rings (SSSR count). The van der Waals surface area contributed by atoms with Crippen molar-refractivity contribution in [3.8, 4) is 22.8 Å². The maximum atomic E-state index is 13.6. The largest absolute Gasteiger partial charge is 0.402 e. The van der Waals surface area contributed by atoms with Crippen LogP contribution in [0.25, 0.3) is 16.9 Å². The Morgan fingerprint density at radius 1 is 0.944 bits per heavy atom. The van der Waals surface area contributed by atoms with Crippen LogP contribution in [0, 0.1) is 13.8 Å². The molecular formula is C27H19Cl2N3O3S. The van der Waals surface area contributed by atoms with Crippen molar-refractivity contribution in [1.82, 2.24) is 14.9 Å². The third kappa shape index (κ3) is 4.78. The lowest BCUT2D eigenvalue weighted by Crippen LogP contribution is -2.14. The topological polar surface area (TPSA) is 70.2 Å². The van der Waals surface area contributed by atoms with Gasteiger partial charge in [0, 0.05) is 15.5 Å². The number of esters is 1. The average molecular weight is 536 g/mol. The summed E-state index contributed by atoms with van der Waals surface area (Å²) in [5.74, 6) is -0.0163. The van der Waals surface area contributed by atoms with Gasteiger partial charge in [-0.25, -0.2) is 4.79 Å². The number of benzene rings is 3. The highest BCUT2D eigenvalue weighted by atomic mass is 35.5. The minimum absolute atomic E-state index is 0.198. The summed E-state index contributed by atoms with van der Waals surface area (Å²) in [5, 5.41) is 9.86. The first-order chi connectivity index (χ1) is 17.4. The number of halogens is 2. The first-order valence-electron chi connectivity index (χ1n) is 10.9. The molecule has 9 heteroatoms. The van der Waals surface area contributed by atoms with E-state index in [-0.39, 0.29) is 11.4 Å². The molecule has 0 atom stereocenters. The molecule has 6 nitrogen and oxygen atoms in total. The second-order valence-electron chi connectivity index (χ2n) is 7.85. The van der Waals surface area contributed by atoms with E-state index in [4.69, 9.17) is 32.5 Å². The van der Waals surface area contributed by atoms with Crippen molar-refractivity contribution in [2.24, 2.45) is 0 Å². The fraction of sp³-hybridized carbons (Fsp3) is 0.0741. The van der Waals surface area contributed by atoms with E-state index in [1.54, 1.807) is 29.8 Å². The van der Waals surface area contributed by atoms with E-state index in [2.05, 4.69) is 10.3 Å². The Morgan fingerprint density at radius 3 is 2.36 bits per heavy atom. The number of rotatable bonds is 6. The van der Waals surface area contributed by atoms with Crippen molar-refractivity contribution >= 4 is 40.9 Å². The van der Waals surface area contributed by atoms with Crippen LogP contribution < -0.4 is 4.74 Å². The molecule has 0 aliphatic rings. The number of para-hydroxylation sites is 1. The maximum Gasteiger partial charge on any atom is 0.350 e. The van der Waals surface area contributed by atoms with Gasteiger partial charge in [0.1, 0.15) is 17.0 Å². The molecule has 0 saturated carbocycles. The number of carbonyl (C=O) groups excluding carboxylic acids is 1. The molecule has 2 aromatic heterocycles. The molecule has 0 amide bonds. The van der Waals surface area contributed by atoms with E-state index in [9.17, 15) is 4.79 Å². The normalized spacial score (nSPS) is 11.0. The van der Waals surface area contributed by atoms with Crippen LogP contribution in [0.15, 0.2) is 93.2 Å². The SMILES string of the molecule is Cc1nn(-c2ccccc2)c(OC(=O)c2c(-c3ccccc3Cl)noc2C)c1Sc1ccc(Cl)cc1. The summed E-state index contributed by atoms with van der Waals surface area (Å²) in [7, 11) is 0. The van der Waals surface area contributed by atoms with Crippen LogP contribution in [0.2, 0.25) is 10.0 Å². The number of nitrogens with zero attached hydrogens (tertiary/aromatic N) is 3. The number of carbonyl (C=O) groups is 1. The first kappa shape index (κ1) is 24.2. The zero-order chi connectivity index (χ0) is 25.2. The molecule has 2 heterocycles. The zero-order valence-electron chi connectivity index (χ0n) is 19.2. The minimum atomic E-state index is -0.626. The van der Waals surface area contributed by atoms with Crippen molar-refractivity contribution in [3.05, 3.63) is 106 Å². The molecule has 180 valence electrons. The smallest absolute Gasteiger partial charge is 0.350 e. The zero-order valence-corrected chi connectivity index (χ0v) is 21.6. The second-order valence-corrected chi connectivity index (χ2v) is 9.78. The number of hydrogen-bond acceptors (Lipinski definition) is 6. The molecular weight excluding hydrogens is 517 g/mol. The highest BCUT2D eigenvalue weighted by molar-refractivity contribution is 7.99. The molecule has 36 heavy (non-hydrogen) atoms. The van der Waals surface area contributed by atoms with E-state index in [1.807, 2.05) is 67.6 Å². The van der Waals surface area contributed by atoms with E-state index in [0.29, 0.717) is 37.7 Å². The molecule has 0 aliphatic carbocycles. The van der Waals surface area contributed by atoms with Gasteiger partial charge >= 0.3 is 5.97 Å². The third-order valence-corrected chi connectivity index (χ3v) is 7.15. The summed E-state index contributed by atoms with van der Waals surface area (Å²) in [6, 6.07) is 24.0.